The van der Waals surface area contributed by atoms with Crippen molar-refractivity contribution in [3.05, 3.63) is 0 Å². The van der Waals surface area contributed by atoms with Crippen LogP contribution in [0, 0.1) is 0 Å². The van der Waals surface area contributed by atoms with Gasteiger partial charge < -0.3 is 4.55 Å². The first-order valence-electron chi connectivity index (χ1n) is 1.56. The average molecular weight is 227 g/mol. The number of alkyl halides is 1. The molecule has 0 saturated heterocycles. The third-order valence-electron chi connectivity index (χ3n) is 0.327. The van der Waals surface area contributed by atoms with Crippen molar-refractivity contribution in [1.82, 2.24) is 0 Å². The van der Waals surface area contributed by atoms with Crippen molar-refractivity contribution in [3.8, 4) is 0 Å². The number of halogens is 1. The molecule has 0 aliphatic heterocycles. The van der Waals surface area contributed by atoms with Gasteiger partial charge in [-0.3, -0.25) is 0 Å². The zero-order valence-corrected chi connectivity index (χ0v) is 9.95. The summed E-state index contributed by atoms with van der Waals surface area (Å²) in [4.78, 5) is 0. The molecule has 0 aromatic rings. The van der Waals surface area contributed by atoms with Crippen LogP contribution in [0.2, 0.25) is 0 Å². The molecule has 0 heterocycles. The van der Waals surface area contributed by atoms with E-state index in [0.717, 1.165) is 0 Å². The molecule has 0 N–H and O–H groups in total. The molecule has 0 radical (unpaired) electrons. The van der Waals surface area contributed by atoms with E-state index in [0.29, 0.717) is 0 Å². The fraction of sp³-hybridized carbons (Fsp3) is 1.00. The molecule has 0 aliphatic carbocycles. The zero-order chi connectivity index (χ0) is 5.91. The molecule has 3 nitrogen and oxygen atoms in total. The van der Waals surface area contributed by atoms with Gasteiger partial charge in [0.05, 0.1) is 10.1 Å². The smallest absolute Gasteiger partial charge is 0.748 e. The molecular weight excluding hydrogens is 223 g/mol. The molecule has 0 aromatic carbocycles. The maximum absolute atomic E-state index is 9.65. The van der Waals surface area contributed by atoms with Gasteiger partial charge in [0.15, 0.2) is 0 Å². The van der Waals surface area contributed by atoms with Crippen LogP contribution in [0.15, 0.2) is 0 Å². The molecule has 6 heteroatoms. The van der Waals surface area contributed by atoms with Crippen molar-refractivity contribution >= 4 is 26.0 Å². The van der Waals surface area contributed by atoms with Gasteiger partial charge in [-0.2, -0.15) is 0 Å². The Morgan fingerprint density at radius 1 is 1.50 bits per heavy atom. The summed E-state index contributed by atoms with van der Waals surface area (Å²) in [5.74, 6) is -0.326. The van der Waals surface area contributed by atoms with Crippen LogP contribution in [0.5, 0.6) is 0 Å². The fourth-order valence-corrected chi connectivity index (χ4v) is 1.47. The molecule has 0 atom stereocenters. The van der Waals surface area contributed by atoms with E-state index in [1.54, 1.807) is 0 Å². The van der Waals surface area contributed by atoms with Crippen LogP contribution < -0.4 is 51.4 Å². The Balaban J connectivity index is 0. The van der Waals surface area contributed by atoms with E-state index in [-0.39, 0.29) is 62.5 Å². The van der Waals surface area contributed by atoms with Crippen LogP contribution >= 0.6 is 15.9 Å². The summed E-state index contributed by atoms with van der Waals surface area (Å²) in [5, 5.41) is 0.221. The van der Waals surface area contributed by atoms with E-state index in [1.165, 1.54) is 0 Å². The van der Waals surface area contributed by atoms with Gasteiger partial charge in [0, 0.05) is 11.1 Å². The normalized spacial score (nSPS) is 10.2. The van der Waals surface area contributed by atoms with Gasteiger partial charge in [-0.15, -0.1) is 0 Å². The predicted molar refractivity (Wildman–Crippen MR) is 28.4 cm³/mol. The summed E-state index contributed by atoms with van der Waals surface area (Å²) >= 11 is 2.81. The van der Waals surface area contributed by atoms with Gasteiger partial charge in [0.2, 0.25) is 0 Å². The summed E-state index contributed by atoms with van der Waals surface area (Å²) < 4.78 is 28.9. The van der Waals surface area contributed by atoms with Crippen molar-refractivity contribution in [2.24, 2.45) is 0 Å². The predicted octanol–water partition coefficient (Wildman–Crippen LogP) is -3.07. The Bertz CT molecular complexity index is 130. The first-order valence-corrected chi connectivity index (χ1v) is 4.25. The van der Waals surface area contributed by atoms with Crippen molar-refractivity contribution < 1.29 is 64.4 Å². The van der Waals surface area contributed by atoms with Gasteiger partial charge in [0.25, 0.3) is 0 Å². The van der Waals surface area contributed by atoms with Crippen LogP contribution in [-0.2, 0) is 10.1 Å². The second kappa shape index (κ2) is 5.78. The quantitative estimate of drug-likeness (QED) is 0.286. The first-order chi connectivity index (χ1) is 3.06. The summed E-state index contributed by atoms with van der Waals surface area (Å²) in [6.45, 7) is 0. The van der Waals surface area contributed by atoms with Crippen molar-refractivity contribution in [2.45, 2.75) is 0 Å². The molecule has 0 fully saturated rings. The van der Waals surface area contributed by atoms with Gasteiger partial charge in [-0.1, -0.05) is 15.9 Å². The number of rotatable bonds is 2. The van der Waals surface area contributed by atoms with Crippen molar-refractivity contribution in [1.29, 1.82) is 0 Å². The molecular formula is C2H4BrKO3S. The Hall–Kier alpha value is 2.03. The van der Waals surface area contributed by atoms with Crippen LogP contribution in [0.3, 0.4) is 0 Å². The number of hydrogen-bond acceptors (Lipinski definition) is 3. The average Bonchev–Trinajstić information content (AvgIpc) is 1.30. The SMILES string of the molecule is O=S(=O)([O-])CCBr.[K+]. The van der Waals surface area contributed by atoms with E-state index in [1.807, 2.05) is 0 Å². The molecule has 0 aliphatic rings. The molecule has 0 amide bonds. The van der Waals surface area contributed by atoms with Crippen LogP contribution in [-0.4, -0.2) is 24.1 Å². The second-order valence-corrected chi connectivity index (χ2v) is 3.27. The number of hydrogen-bond donors (Lipinski definition) is 0. The molecule has 0 rings (SSSR count). The molecule has 0 spiro atoms. The summed E-state index contributed by atoms with van der Waals surface area (Å²) in [6, 6.07) is 0. The van der Waals surface area contributed by atoms with Crippen molar-refractivity contribution in [2.75, 3.05) is 11.1 Å². The molecule has 44 valence electrons. The Labute approximate surface area is 99.5 Å². The van der Waals surface area contributed by atoms with E-state index in [4.69, 9.17) is 0 Å². The van der Waals surface area contributed by atoms with Gasteiger partial charge in [-0.25, -0.2) is 8.42 Å². The summed E-state index contributed by atoms with van der Waals surface area (Å²) in [5.41, 5.74) is 0. The maximum atomic E-state index is 9.65. The molecule has 0 saturated carbocycles. The summed E-state index contributed by atoms with van der Waals surface area (Å²) in [6.07, 6.45) is 0. The second-order valence-electron chi connectivity index (χ2n) is 0.951. The molecule has 0 bridgehead atoms. The monoisotopic (exact) mass is 226 g/mol. The third kappa shape index (κ3) is 10.9. The minimum absolute atomic E-state index is 0. The van der Waals surface area contributed by atoms with Crippen LogP contribution in [0.1, 0.15) is 0 Å². The van der Waals surface area contributed by atoms with Gasteiger partial charge in [-0.05, 0) is 0 Å². The maximum Gasteiger partial charge on any atom is 1.00 e. The van der Waals surface area contributed by atoms with Gasteiger partial charge in [0.1, 0.15) is 0 Å². The van der Waals surface area contributed by atoms with Crippen LogP contribution in [0.25, 0.3) is 0 Å². The fourth-order valence-electron chi connectivity index (χ4n) is 0.0945. The largest absolute Gasteiger partial charge is 1.00 e. The minimum Gasteiger partial charge on any atom is -0.748 e. The molecule has 0 aromatic heterocycles. The van der Waals surface area contributed by atoms with Gasteiger partial charge >= 0.3 is 51.4 Å². The standard InChI is InChI=1S/C2H5BrO3S.K/c3-1-2-7(4,5)6;/h1-2H2,(H,4,5,6);/q;+1/p-1. The van der Waals surface area contributed by atoms with E-state index < -0.39 is 10.1 Å². The Morgan fingerprint density at radius 3 is 1.88 bits per heavy atom. The zero-order valence-electron chi connectivity index (χ0n) is 4.43. The van der Waals surface area contributed by atoms with E-state index in [2.05, 4.69) is 15.9 Å². The summed E-state index contributed by atoms with van der Waals surface area (Å²) in [7, 11) is -3.97. The molecule has 8 heavy (non-hydrogen) atoms. The minimum atomic E-state index is -3.97. The Morgan fingerprint density at radius 2 is 1.88 bits per heavy atom. The first kappa shape index (κ1) is 12.7. The van der Waals surface area contributed by atoms with Crippen LogP contribution in [0.4, 0.5) is 0 Å². The third-order valence-corrected chi connectivity index (χ3v) is 1.95. The Kier molecular flexibility index (Phi) is 9.17. The van der Waals surface area contributed by atoms with E-state index in [9.17, 15) is 13.0 Å². The topological polar surface area (TPSA) is 57.2 Å². The van der Waals surface area contributed by atoms with E-state index >= 15 is 0 Å². The molecule has 0 unspecified atom stereocenters. The van der Waals surface area contributed by atoms with Crippen molar-refractivity contribution in [3.63, 3.8) is 0 Å².